The Morgan fingerprint density at radius 3 is 2.22 bits per heavy atom. The van der Waals surface area contributed by atoms with E-state index in [0.29, 0.717) is 11.8 Å². The second-order valence-corrected chi connectivity index (χ2v) is 8.43. The van der Waals surface area contributed by atoms with E-state index in [0.717, 1.165) is 24.2 Å². The minimum atomic E-state index is 0.0263. The standard InChI is InChI=1S/C16H24O2/c1-14(2,3)5-4-13(17)18-15-8-11-6-10-7-12(9-15)16(10,11)15/h10-12H,4-9H2,1-3H3. The second-order valence-electron chi connectivity index (χ2n) is 8.43. The first kappa shape index (κ1) is 11.3. The third-order valence-corrected chi connectivity index (χ3v) is 6.49. The summed E-state index contributed by atoms with van der Waals surface area (Å²) < 4.78 is 5.95. The molecule has 1 spiro atoms. The Kier molecular flexibility index (Phi) is 1.86. The van der Waals surface area contributed by atoms with E-state index in [-0.39, 0.29) is 17.0 Å². The van der Waals surface area contributed by atoms with Crippen molar-refractivity contribution in [3.8, 4) is 0 Å². The fraction of sp³-hybridized carbons (Fsp3) is 0.938. The molecule has 2 atom stereocenters. The lowest BCUT2D eigenvalue weighted by molar-refractivity contribution is -0.448. The van der Waals surface area contributed by atoms with Crippen LogP contribution in [0.1, 0.15) is 59.3 Å². The topological polar surface area (TPSA) is 26.3 Å². The SMILES string of the molecule is CC(C)(C)CCC(=O)OC12CC3CC4CC(C1)C432. The highest BCUT2D eigenvalue weighted by Gasteiger charge is 2.89. The summed E-state index contributed by atoms with van der Waals surface area (Å²) in [5.41, 5.74) is 0.775. The molecule has 0 bridgehead atoms. The second kappa shape index (κ2) is 2.96. The number of carbonyl (C=O) groups excluding carboxylic acids is 1. The highest BCUT2D eigenvalue weighted by molar-refractivity contribution is 5.71. The van der Waals surface area contributed by atoms with E-state index in [4.69, 9.17) is 4.74 Å². The van der Waals surface area contributed by atoms with E-state index in [1.165, 1.54) is 25.7 Å². The Balaban J connectivity index is 1.38. The van der Waals surface area contributed by atoms with Gasteiger partial charge in [0.25, 0.3) is 0 Å². The quantitative estimate of drug-likeness (QED) is 0.714. The number of carbonyl (C=O) groups is 1. The van der Waals surface area contributed by atoms with Gasteiger partial charge in [0, 0.05) is 11.8 Å². The molecule has 0 aromatic carbocycles. The maximum atomic E-state index is 12.0. The highest BCUT2D eigenvalue weighted by atomic mass is 16.6. The lowest BCUT2D eigenvalue weighted by Gasteiger charge is -2.89. The van der Waals surface area contributed by atoms with Gasteiger partial charge in [-0.25, -0.2) is 0 Å². The minimum absolute atomic E-state index is 0.0263. The van der Waals surface area contributed by atoms with Gasteiger partial charge in [-0.15, -0.1) is 0 Å². The van der Waals surface area contributed by atoms with Gasteiger partial charge in [-0.3, -0.25) is 4.79 Å². The monoisotopic (exact) mass is 248 g/mol. The molecule has 4 aliphatic rings. The van der Waals surface area contributed by atoms with Crippen LogP contribution in [0.3, 0.4) is 0 Å². The Labute approximate surface area is 109 Å². The van der Waals surface area contributed by atoms with Crippen molar-refractivity contribution in [3.05, 3.63) is 0 Å². The van der Waals surface area contributed by atoms with E-state index in [1.54, 1.807) is 0 Å². The van der Waals surface area contributed by atoms with Crippen molar-refractivity contribution in [2.24, 2.45) is 28.6 Å². The van der Waals surface area contributed by atoms with Crippen LogP contribution < -0.4 is 0 Å². The lowest BCUT2D eigenvalue weighted by atomic mass is 9.16. The first-order chi connectivity index (χ1) is 8.37. The maximum Gasteiger partial charge on any atom is 0.306 e. The molecule has 4 rings (SSSR count). The van der Waals surface area contributed by atoms with Gasteiger partial charge in [0.05, 0.1) is 0 Å². The van der Waals surface area contributed by atoms with Gasteiger partial charge >= 0.3 is 5.97 Å². The average Bonchev–Trinajstić information content (AvgIpc) is 2.14. The predicted molar refractivity (Wildman–Crippen MR) is 68.9 cm³/mol. The highest BCUT2D eigenvalue weighted by Crippen LogP contribution is 2.90. The van der Waals surface area contributed by atoms with Gasteiger partial charge in [0.1, 0.15) is 5.60 Å². The minimum Gasteiger partial charge on any atom is -0.458 e. The number of esters is 1. The fourth-order valence-corrected chi connectivity index (χ4v) is 5.75. The van der Waals surface area contributed by atoms with Crippen LogP contribution in [0.5, 0.6) is 0 Å². The molecule has 0 heterocycles. The van der Waals surface area contributed by atoms with Crippen LogP contribution in [0, 0.1) is 28.6 Å². The Morgan fingerprint density at radius 1 is 1.17 bits per heavy atom. The van der Waals surface area contributed by atoms with Gasteiger partial charge in [-0.2, -0.15) is 0 Å². The molecule has 0 aliphatic heterocycles. The van der Waals surface area contributed by atoms with E-state index >= 15 is 0 Å². The zero-order valence-corrected chi connectivity index (χ0v) is 11.8. The summed E-state index contributed by atoms with van der Waals surface area (Å²) in [7, 11) is 0. The van der Waals surface area contributed by atoms with E-state index < -0.39 is 0 Å². The van der Waals surface area contributed by atoms with Gasteiger partial charge < -0.3 is 4.74 Å². The van der Waals surface area contributed by atoms with Crippen LogP contribution >= 0.6 is 0 Å². The normalized spacial score (nSPS) is 50.7. The Morgan fingerprint density at radius 2 is 1.78 bits per heavy atom. The predicted octanol–water partition coefficient (Wildman–Crippen LogP) is 3.54. The first-order valence-corrected chi connectivity index (χ1v) is 7.59. The van der Waals surface area contributed by atoms with E-state index in [9.17, 15) is 4.79 Å². The summed E-state index contributed by atoms with van der Waals surface area (Å²) in [6, 6.07) is 0. The van der Waals surface area contributed by atoms with Crippen molar-refractivity contribution >= 4 is 5.97 Å². The molecule has 4 fully saturated rings. The Hall–Kier alpha value is -0.530. The lowest BCUT2D eigenvalue weighted by Crippen LogP contribution is -2.89. The van der Waals surface area contributed by atoms with E-state index in [1.807, 2.05) is 0 Å². The van der Waals surface area contributed by atoms with Crippen LogP contribution in [0.15, 0.2) is 0 Å². The van der Waals surface area contributed by atoms with Crippen LogP contribution in [0.25, 0.3) is 0 Å². The van der Waals surface area contributed by atoms with Crippen molar-refractivity contribution in [1.82, 2.24) is 0 Å². The van der Waals surface area contributed by atoms with Crippen molar-refractivity contribution in [1.29, 1.82) is 0 Å². The molecule has 0 aromatic rings. The zero-order chi connectivity index (χ0) is 12.8. The van der Waals surface area contributed by atoms with Crippen molar-refractivity contribution in [2.45, 2.75) is 64.9 Å². The largest absolute Gasteiger partial charge is 0.458 e. The van der Waals surface area contributed by atoms with Gasteiger partial charge in [-0.05, 0) is 55.3 Å². The number of ether oxygens (including phenoxy) is 1. The smallest absolute Gasteiger partial charge is 0.306 e. The number of hydrogen-bond donors (Lipinski definition) is 0. The van der Waals surface area contributed by atoms with Gasteiger partial charge in [0.15, 0.2) is 0 Å². The molecule has 2 heteroatoms. The van der Waals surface area contributed by atoms with Gasteiger partial charge in [-0.1, -0.05) is 20.8 Å². The molecule has 100 valence electrons. The van der Waals surface area contributed by atoms with Gasteiger partial charge in [0.2, 0.25) is 0 Å². The molecular weight excluding hydrogens is 224 g/mol. The van der Waals surface area contributed by atoms with Crippen molar-refractivity contribution < 1.29 is 9.53 Å². The molecule has 4 saturated carbocycles. The molecule has 0 N–H and O–H groups in total. The summed E-state index contributed by atoms with van der Waals surface area (Å²) in [4.78, 5) is 12.0. The number of hydrogen-bond acceptors (Lipinski definition) is 2. The first-order valence-electron chi connectivity index (χ1n) is 7.59. The number of rotatable bonds is 3. The molecule has 0 aromatic heterocycles. The molecule has 0 saturated heterocycles. The third kappa shape index (κ3) is 1.05. The average molecular weight is 248 g/mol. The summed E-state index contributed by atoms with van der Waals surface area (Å²) in [6.45, 7) is 6.55. The third-order valence-electron chi connectivity index (χ3n) is 6.49. The fourth-order valence-electron chi connectivity index (χ4n) is 5.75. The van der Waals surface area contributed by atoms with E-state index in [2.05, 4.69) is 20.8 Å². The maximum absolute atomic E-state index is 12.0. The van der Waals surface area contributed by atoms with Crippen molar-refractivity contribution in [3.63, 3.8) is 0 Å². The molecule has 0 amide bonds. The van der Waals surface area contributed by atoms with Crippen LogP contribution in [0.4, 0.5) is 0 Å². The summed E-state index contributed by atoms with van der Waals surface area (Å²) >= 11 is 0. The molecular formula is C16H24O2. The molecule has 4 aliphatic carbocycles. The molecule has 0 radical (unpaired) electrons. The molecule has 2 nitrogen and oxygen atoms in total. The Bertz CT molecular complexity index is 392. The molecule has 2 unspecified atom stereocenters. The summed E-state index contributed by atoms with van der Waals surface area (Å²) in [5.74, 6) is 2.83. The van der Waals surface area contributed by atoms with Crippen LogP contribution in [-0.2, 0) is 9.53 Å². The van der Waals surface area contributed by atoms with Crippen LogP contribution in [0.2, 0.25) is 0 Å². The molecule has 18 heavy (non-hydrogen) atoms. The summed E-state index contributed by atoms with van der Waals surface area (Å²) in [6.07, 6.45) is 6.75. The summed E-state index contributed by atoms with van der Waals surface area (Å²) in [5, 5.41) is 0. The zero-order valence-electron chi connectivity index (χ0n) is 11.8. The van der Waals surface area contributed by atoms with Crippen molar-refractivity contribution in [2.75, 3.05) is 0 Å². The van der Waals surface area contributed by atoms with Crippen LogP contribution in [-0.4, -0.2) is 11.6 Å².